The summed E-state index contributed by atoms with van der Waals surface area (Å²) in [5.41, 5.74) is 0.553. The van der Waals surface area contributed by atoms with Crippen LogP contribution in [0.25, 0.3) is 0 Å². The Balaban J connectivity index is 2.65. The number of ether oxygens (including phenoxy) is 2. The highest BCUT2D eigenvalue weighted by Crippen LogP contribution is 2.20. The van der Waals surface area contributed by atoms with Gasteiger partial charge in [0.2, 0.25) is 5.78 Å². The van der Waals surface area contributed by atoms with Gasteiger partial charge < -0.3 is 9.47 Å². The molecule has 0 aliphatic rings. The van der Waals surface area contributed by atoms with Gasteiger partial charge in [0.15, 0.2) is 0 Å². The first-order valence-corrected chi connectivity index (χ1v) is 6.20. The van der Waals surface area contributed by atoms with Crippen molar-refractivity contribution in [3.63, 3.8) is 0 Å². The maximum absolute atomic E-state index is 12.0. The summed E-state index contributed by atoms with van der Waals surface area (Å²) in [6.45, 7) is 4.89. The van der Waals surface area contributed by atoms with Crippen LogP contribution in [0.15, 0.2) is 10.7 Å². The van der Waals surface area contributed by atoms with Crippen LogP contribution in [0.1, 0.15) is 30.4 Å². The van der Waals surface area contributed by atoms with E-state index in [1.54, 1.807) is 18.0 Å². The summed E-state index contributed by atoms with van der Waals surface area (Å²) in [6, 6.07) is 0.138. The summed E-state index contributed by atoms with van der Waals surface area (Å²) in [5.74, 6) is -0.0841. The number of methoxy groups -OCH3 is 1. The van der Waals surface area contributed by atoms with E-state index in [9.17, 15) is 4.79 Å². The number of hydrogen-bond acceptors (Lipinski definition) is 4. The van der Waals surface area contributed by atoms with Gasteiger partial charge in [-0.3, -0.25) is 9.48 Å². The van der Waals surface area contributed by atoms with E-state index in [2.05, 4.69) is 21.0 Å². The van der Waals surface area contributed by atoms with E-state index in [0.29, 0.717) is 23.4 Å². The number of hydrogen-bond donors (Lipinski definition) is 0. The molecule has 0 fully saturated rings. The SMILES string of the molecule is COCCOCC(=O)c1c(Br)cnn1C(C)C. The van der Waals surface area contributed by atoms with E-state index in [0.717, 1.165) is 0 Å². The molecule has 1 aromatic rings. The van der Waals surface area contributed by atoms with Crippen molar-refractivity contribution in [3.8, 4) is 0 Å². The quantitative estimate of drug-likeness (QED) is 0.571. The van der Waals surface area contributed by atoms with E-state index >= 15 is 0 Å². The Morgan fingerprint density at radius 2 is 2.24 bits per heavy atom. The highest BCUT2D eigenvalue weighted by molar-refractivity contribution is 9.10. The van der Waals surface area contributed by atoms with Crippen LogP contribution in [-0.2, 0) is 9.47 Å². The second-order valence-corrected chi connectivity index (χ2v) is 4.70. The molecule has 0 atom stereocenters. The number of halogens is 1. The Morgan fingerprint density at radius 3 is 2.82 bits per heavy atom. The molecule has 0 saturated heterocycles. The zero-order chi connectivity index (χ0) is 12.8. The first-order valence-electron chi connectivity index (χ1n) is 5.40. The average Bonchev–Trinajstić information content (AvgIpc) is 2.66. The molecule has 0 unspecified atom stereocenters. The molecule has 0 radical (unpaired) electrons. The van der Waals surface area contributed by atoms with Crippen molar-refractivity contribution < 1.29 is 14.3 Å². The predicted molar refractivity (Wildman–Crippen MR) is 67.3 cm³/mol. The Labute approximate surface area is 109 Å². The standard InChI is InChI=1S/C11H17BrN2O3/c1-8(2)14-11(9(12)6-13-14)10(15)7-17-5-4-16-3/h6,8H,4-5,7H2,1-3H3. The van der Waals surface area contributed by atoms with Crippen LogP contribution in [0, 0.1) is 0 Å². The molecule has 0 spiro atoms. The van der Waals surface area contributed by atoms with Gasteiger partial charge in [-0.1, -0.05) is 0 Å². The van der Waals surface area contributed by atoms with Crippen LogP contribution < -0.4 is 0 Å². The number of aromatic nitrogens is 2. The fourth-order valence-corrected chi connectivity index (χ4v) is 1.86. The highest BCUT2D eigenvalue weighted by Gasteiger charge is 2.18. The Hall–Kier alpha value is -0.720. The molecule has 1 aromatic heterocycles. The third-order valence-corrected chi connectivity index (χ3v) is 2.75. The molecule has 0 saturated carbocycles. The molecule has 1 heterocycles. The molecule has 96 valence electrons. The summed E-state index contributed by atoms with van der Waals surface area (Å²) in [6.07, 6.45) is 1.63. The minimum atomic E-state index is -0.0841. The molecule has 1 rings (SSSR count). The summed E-state index contributed by atoms with van der Waals surface area (Å²) in [7, 11) is 1.59. The molecule has 0 N–H and O–H groups in total. The second-order valence-electron chi connectivity index (χ2n) is 3.85. The number of rotatable bonds is 7. The van der Waals surface area contributed by atoms with E-state index in [-0.39, 0.29) is 18.4 Å². The summed E-state index contributed by atoms with van der Waals surface area (Å²) in [5, 5.41) is 4.15. The van der Waals surface area contributed by atoms with Gasteiger partial charge in [-0.25, -0.2) is 0 Å². The zero-order valence-corrected chi connectivity index (χ0v) is 11.9. The molecule has 5 nitrogen and oxygen atoms in total. The maximum atomic E-state index is 12.0. The van der Waals surface area contributed by atoms with Crippen LogP contribution >= 0.6 is 15.9 Å². The van der Waals surface area contributed by atoms with Gasteiger partial charge in [0, 0.05) is 13.2 Å². The van der Waals surface area contributed by atoms with E-state index in [4.69, 9.17) is 9.47 Å². The monoisotopic (exact) mass is 304 g/mol. The third-order valence-electron chi connectivity index (χ3n) is 2.17. The van der Waals surface area contributed by atoms with Crippen LogP contribution in [0.3, 0.4) is 0 Å². The summed E-state index contributed by atoms with van der Waals surface area (Å²) < 4.78 is 12.4. The normalized spacial score (nSPS) is 11.1. The largest absolute Gasteiger partial charge is 0.382 e. The zero-order valence-electron chi connectivity index (χ0n) is 10.3. The molecular formula is C11H17BrN2O3. The Morgan fingerprint density at radius 1 is 1.53 bits per heavy atom. The van der Waals surface area contributed by atoms with Crippen LogP contribution in [0.5, 0.6) is 0 Å². The lowest BCUT2D eigenvalue weighted by atomic mass is 10.2. The van der Waals surface area contributed by atoms with Crippen molar-refractivity contribution in [3.05, 3.63) is 16.4 Å². The first-order chi connectivity index (χ1) is 8.07. The number of nitrogens with zero attached hydrogens (tertiary/aromatic N) is 2. The van der Waals surface area contributed by atoms with Crippen molar-refractivity contribution in [1.29, 1.82) is 0 Å². The first kappa shape index (κ1) is 14.3. The van der Waals surface area contributed by atoms with Crippen molar-refractivity contribution in [2.75, 3.05) is 26.9 Å². The molecule has 0 bridgehead atoms. The second kappa shape index (κ2) is 6.88. The highest BCUT2D eigenvalue weighted by atomic mass is 79.9. The molecule has 0 amide bonds. The molecule has 6 heteroatoms. The van der Waals surface area contributed by atoms with E-state index in [1.165, 1.54) is 0 Å². The predicted octanol–water partition coefficient (Wildman–Crippen LogP) is 2.07. The van der Waals surface area contributed by atoms with Gasteiger partial charge in [-0.05, 0) is 29.8 Å². The van der Waals surface area contributed by atoms with Gasteiger partial charge in [-0.15, -0.1) is 0 Å². The number of ketones is 1. The lowest BCUT2D eigenvalue weighted by molar-refractivity contribution is 0.0567. The van der Waals surface area contributed by atoms with Crippen molar-refractivity contribution >= 4 is 21.7 Å². The fraction of sp³-hybridized carbons (Fsp3) is 0.636. The maximum Gasteiger partial charge on any atom is 0.207 e. The van der Waals surface area contributed by atoms with Crippen molar-refractivity contribution in [1.82, 2.24) is 9.78 Å². The fourth-order valence-electron chi connectivity index (χ4n) is 1.37. The van der Waals surface area contributed by atoms with E-state index < -0.39 is 0 Å². The summed E-state index contributed by atoms with van der Waals surface area (Å²) >= 11 is 3.32. The average molecular weight is 305 g/mol. The van der Waals surface area contributed by atoms with Crippen molar-refractivity contribution in [2.45, 2.75) is 19.9 Å². The van der Waals surface area contributed by atoms with Gasteiger partial charge in [-0.2, -0.15) is 5.10 Å². The Kier molecular flexibility index (Phi) is 5.80. The molecular weight excluding hydrogens is 288 g/mol. The minimum Gasteiger partial charge on any atom is -0.382 e. The van der Waals surface area contributed by atoms with Gasteiger partial charge in [0.25, 0.3) is 0 Å². The number of Topliss-reactive ketones (excluding diaryl/α,β-unsaturated/α-hetero) is 1. The Bertz CT molecular complexity index is 377. The van der Waals surface area contributed by atoms with Gasteiger partial charge in [0.05, 0.1) is 23.9 Å². The summed E-state index contributed by atoms with van der Waals surface area (Å²) in [4.78, 5) is 12.0. The lowest BCUT2D eigenvalue weighted by Gasteiger charge is -2.10. The number of carbonyl (C=O) groups is 1. The molecule has 0 aliphatic heterocycles. The molecule has 17 heavy (non-hydrogen) atoms. The lowest BCUT2D eigenvalue weighted by Crippen LogP contribution is -2.18. The smallest absolute Gasteiger partial charge is 0.207 e. The van der Waals surface area contributed by atoms with Crippen LogP contribution in [-0.4, -0.2) is 42.5 Å². The van der Waals surface area contributed by atoms with Crippen LogP contribution in [0.2, 0.25) is 0 Å². The van der Waals surface area contributed by atoms with Gasteiger partial charge >= 0.3 is 0 Å². The minimum absolute atomic E-state index is 0.0420. The van der Waals surface area contributed by atoms with E-state index in [1.807, 2.05) is 13.8 Å². The number of carbonyl (C=O) groups excluding carboxylic acids is 1. The topological polar surface area (TPSA) is 53.4 Å². The van der Waals surface area contributed by atoms with Crippen molar-refractivity contribution in [2.24, 2.45) is 0 Å². The third kappa shape index (κ3) is 3.90. The molecule has 0 aromatic carbocycles. The van der Waals surface area contributed by atoms with Crippen LogP contribution in [0.4, 0.5) is 0 Å². The molecule has 0 aliphatic carbocycles. The van der Waals surface area contributed by atoms with Gasteiger partial charge in [0.1, 0.15) is 12.3 Å².